The number of aromatic nitrogens is 3. The van der Waals surface area contributed by atoms with E-state index in [2.05, 4.69) is 10.1 Å². The first-order valence-corrected chi connectivity index (χ1v) is 5.61. The van der Waals surface area contributed by atoms with Gasteiger partial charge >= 0.3 is 0 Å². The fourth-order valence-electron chi connectivity index (χ4n) is 1.24. The van der Waals surface area contributed by atoms with E-state index in [1.807, 2.05) is 31.3 Å². The summed E-state index contributed by atoms with van der Waals surface area (Å²) in [5.41, 5.74) is 0.724. The third-order valence-electron chi connectivity index (χ3n) is 2.14. The van der Waals surface area contributed by atoms with Crippen molar-refractivity contribution in [2.75, 3.05) is 0 Å². The van der Waals surface area contributed by atoms with Crippen molar-refractivity contribution in [2.24, 2.45) is 7.05 Å². The first kappa shape index (κ1) is 10.9. The van der Waals surface area contributed by atoms with Crippen molar-refractivity contribution in [1.82, 2.24) is 14.8 Å². The van der Waals surface area contributed by atoms with Gasteiger partial charge in [-0.05, 0) is 19.1 Å². The molecule has 5 heteroatoms. The highest BCUT2D eigenvalue weighted by molar-refractivity contribution is 7.99. The van der Waals surface area contributed by atoms with E-state index in [9.17, 15) is 4.79 Å². The zero-order valence-electron chi connectivity index (χ0n) is 9.04. The Morgan fingerprint density at radius 3 is 2.50 bits per heavy atom. The molecule has 0 aliphatic carbocycles. The molecule has 0 amide bonds. The molecule has 4 nitrogen and oxygen atoms in total. The van der Waals surface area contributed by atoms with E-state index < -0.39 is 0 Å². The van der Waals surface area contributed by atoms with E-state index >= 15 is 0 Å². The van der Waals surface area contributed by atoms with Crippen LogP contribution in [0.4, 0.5) is 0 Å². The predicted octanol–water partition coefficient (Wildman–Crippen LogP) is 2.17. The van der Waals surface area contributed by atoms with E-state index in [1.54, 1.807) is 11.6 Å². The normalized spacial score (nSPS) is 10.4. The molecule has 0 N–H and O–H groups in total. The minimum Gasteiger partial charge on any atom is -0.295 e. The van der Waals surface area contributed by atoms with Crippen LogP contribution >= 0.6 is 11.8 Å². The second kappa shape index (κ2) is 4.49. The quantitative estimate of drug-likeness (QED) is 0.762. The summed E-state index contributed by atoms with van der Waals surface area (Å²) in [6.45, 7) is 1.56. The maximum Gasteiger partial charge on any atom is 0.190 e. The molecular formula is C11H11N3OS. The molecule has 16 heavy (non-hydrogen) atoms. The molecule has 82 valence electrons. The van der Waals surface area contributed by atoms with Gasteiger partial charge < -0.3 is 0 Å². The average Bonchev–Trinajstić information content (AvgIpc) is 2.65. The fourth-order valence-corrected chi connectivity index (χ4v) is 2.00. The van der Waals surface area contributed by atoms with Gasteiger partial charge in [-0.3, -0.25) is 4.79 Å². The maximum atomic E-state index is 11.1. The average molecular weight is 233 g/mol. The minimum atomic E-state index is 0.0789. The van der Waals surface area contributed by atoms with Gasteiger partial charge in [-0.2, -0.15) is 5.10 Å². The summed E-state index contributed by atoms with van der Waals surface area (Å²) in [4.78, 5) is 16.3. The van der Waals surface area contributed by atoms with E-state index in [1.165, 1.54) is 18.1 Å². The van der Waals surface area contributed by atoms with Gasteiger partial charge in [0.2, 0.25) is 0 Å². The van der Waals surface area contributed by atoms with Crippen molar-refractivity contribution in [3.63, 3.8) is 0 Å². The number of aryl methyl sites for hydroxylation is 1. The van der Waals surface area contributed by atoms with Gasteiger partial charge in [-0.15, -0.1) is 0 Å². The van der Waals surface area contributed by atoms with Crippen LogP contribution in [0, 0.1) is 0 Å². The lowest BCUT2D eigenvalue weighted by Gasteiger charge is -2.01. The summed E-state index contributed by atoms with van der Waals surface area (Å²) in [7, 11) is 1.85. The summed E-state index contributed by atoms with van der Waals surface area (Å²) in [6, 6.07) is 7.47. The third-order valence-corrected chi connectivity index (χ3v) is 3.20. The Labute approximate surface area is 97.7 Å². The molecule has 2 aromatic rings. The number of carbonyl (C=O) groups is 1. The highest BCUT2D eigenvalue weighted by atomic mass is 32.2. The van der Waals surface area contributed by atoms with Gasteiger partial charge in [0.05, 0.1) is 0 Å². The molecule has 2 rings (SSSR count). The number of benzene rings is 1. The zero-order chi connectivity index (χ0) is 11.5. The number of hydrogen-bond donors (Lipinski definition) is 0. The molecule has 0 atom stereocenters. The van der Waals surface area contributed by atoms with Crippen LogP contribution in [-0.4, -0.2) is 20.5 Å². The molecule has 1 heterocycles. The minimum absolute atomic E-state index is 0.0789. The maximum absolute atomic E-state index is 11.1. The molecule has 0 saturated heterocycles. The van der Waals surface area contributed by atoms with Gasteiger partial charge in [-0.1, -0.05) is 23.9 Å². The molecule has 0 bridgehead atoms. The van der Waals surface area contributed by atoms with Crippen LogP contribution in [0.3, 0.4) is 0 Å². The van der Waals surface area contributed by atoms with Crippen molar-refractivity contribution < 1.29 is 4.79 Å². The largest absolute Gasteiger partial charge is 0.295 e. The first-order chi connectivity index (χ1) is 7.66. The van der Waals surface area contributed by atoms with Crippen molar-refractivity contribution in [3.8, 4) is 0 Å². The number of rotatable bonds is 3. The summed E-state index contributed by atoms with van der Waals surface area (Å²) < 4.78 is 1.71. The number of ketones is 1. The van der Waals surface area contributed by atoms with Crippen LogP contribution in [0.5, 0.6) is 0 Å². The van der Waals surface area contributed by atoms with Gasteiger partial charge in [-0.25, -0.2) is 9.67 Å². The lowest BCUT2D eigenvalue weighted by molar-refractivity contribution is 0.101. The van der Waals surface area contributed by atoms with Crippen molar-refractivity contribution in [3.05, 3.63) is 36.2 Å². The predicted molar refractivity (Wildman–Crippen MR) is 61.6 cm³/mol. The van der Waals surface area contributed by atoms with Crippen molar-refractivity contribution >= 4 is 17.5 Å². The molecule has 0 saturated carbocycles. The van der Waals surface area contributed by atoms with Crippen LogP contribution in [0.1, 0.15) is 17.3 Å². The van der Waals surface area contributed by atoms with Gasteiger partial charge in [0.15, 0.2) is 10.9 Å². The second-order valence-corrected chi connectivity index (χ2v) is 4.39. The molecule has 1 aromatic heterocycles. The van der Waals surface area contributed by atoms with Gasteiger partial charge in [0.1, 0.15) is 6.33 Å². The number of nitrogens with zero attached hydrogens (tertiary/aromatic N) is 3. The van der Waals surface area contributed by atoms with Gasteiger partial charge in [0.25, 0.3) is 0 Å². The lowest BCUT2D eigenvalue weighted by Crippen LogP contribution is -1.93. The van der Waals surface area contributed by atoms with E-state index in [0.29, 0.717) is 0 Å². The van der Waals surface area contributed by atoms with E-state index in [-0.39, 0.29) is 5.78 Å². The summed E-state index contributed by atoms with van der Waals surface area (Å²) in [5, 5.41) is 4.82. The third kappa shape index (κ3) is 2.30. The Bertz CT molecular complexity index is 504. The molecular weight excluding hydrogens is 222 g/mol. The molecule has 0 radical (unpaired) electrons. The Balaban J connectivity index is 2.17. The lowest BCUT2D eigenvalue weighted by atomic mass is 10.2. The van der Waals surface area contributed by atoms with Crippen LogP contribution in [0.15, 0.2) is 40.6 Å². The Kier molecular flexibility index (Phi) is 3.05. The van der Waals surface area contributed by atoms with E-state index in [0.717, 1.165) is 15.6 Å². The topological polar surface area (TPSA) is 47.8 Å². The summed E-state index contributed by atoms with van der Waals surface area (Å²) >= 11 is 1.52. The Morgan fingerprint density at radius 2 is 2.00 bits per heavy atom. The Morgan fingerprint density at radius 1 is 1.31 bits per heavy atom. The van der Waals surface area contributed by atoms with Crippen molar-refractivity contribution in [1.29, 1.82) is 0 Å². The van der Waals surface area contributed by atoms with Crippen molar-refractivity contribution in [2.45, 2.75) is 17.0 Å². The van der Waals surface area contributed by atoms with Crippen LogP contribution in [-0.2, 0) is 7.05 Å². The van der Waals surface area contributed by atoms with Crippen LogP contribution < -0.4 is 0 Å². The first-order valence-electron chi connectivity index (χ1n) is 4.79. The number of hydrogen-bond acceptors (Lipinski definition) is 4. The second-order valence-electron chi connectivity index (χ2n) is 3.35. The summed E-state index contributed by atoms with van der Waals surface area (Å²) in [6.07, 6.45) is 1.52. The zero-order valence-corrected chi connectivity index (χ0v) is 9.86. The molecule has 1 aromatic carbocycles. The monoisotopic (exact) mass is 233 g/mol. The van der Waals surface area contributed by atoms with Crippen LogP contribution in [0.25, 0.3) is 0 Å². The molecule has 0 unspecified atom stereocenters. The Hall–Kier alpha value is -1.62. The smallest absolute Gasteiger partial charge is 0.190 e. The SMILES string of the molecule is CC(=O)c1ccc(Sc2ncnn2C)cc1. The molecule has 0 aliphatic rings. The summed E-state index contributed by atoms with van der Waals surface area (Å²) in [5.74, 6) is 0.0789. The standard InChI is InChI=1S/C11H11N3OS/c1-8(15)9-3-5-10(6-4-9)16-11-12-7-13-14(11)2/h3-7H,1-2H3. The molecule has 0 spiro atoms. The molecule has 0 fully saturated rings. The molecule has 0 aliphatic heterocycles. The van der Waals surface area contributed by atoms with Gasteiger partial charge in [0, 0.05) is 17.5 Å². The fraction of sp³-hybridized carbons (Fsp3) is 0.182. The number of Topliss-reactive ketones (excluding diaryl/α,β-unsaturated/α-hetero) is 1. The highest BCUT2D eigenvalue weighted by Gasteiger charge is 2.04. The van der Waals surface area contributed by atoms with Crippen LogP contribution in [0.2, 0.25) is 0 Å². The number of carbonyl (C=O) groups excluding carboxylic acids is 1. The highest BCUT2D eigenvalue weighted by Crippen LogP contribution is 2.25. The van der Waals surface area contributed by atoms with E-state index in [4.69, 9.17) is 0 Å².